The topological polar surface area (TPSA) is 79.8 Å². The molecule has 0 spiro atoms. The van der Waals surface area contributed by atoms with Crippen LogP contribution in [0.2, 0.25) is 0 Å². The molecule has 27 heavy (non-hydrogen) atoms. The molecule has 6 nitrogen and oxygen atoms in total. The molecule has 0 unspecified atom stereocenters. The van der Waals surface area contributed by atoms with Gasteiger partial charge in [-0.15, -0.1) is 11.3 Å². The molecule has 1 amide bonds. The number of nitrogens with zero attached hydrogens (tertiary/aromatic N) is 3. The van der Waals surface area contributed by atoms with Gasteiger partial charge in [0.25, 0.3) is 5.91 Å². The van der Waals surface area contributed by atoms with Gasteiger partial charge in [-0.2, -0.15) is 0 Å². The molecule has 1 aromatic carbocycles. The van der Waals surface area contributed by atoms with Crippen LogP contribution in [0.15, 0.2) is 43.1 Å². The third kappa shape index (κ3) is 2.55. The minimum atomic E-state index is -0.0214. The van der Waals surface area contributed by atoms with E-state index in [4.69, 9.17) is 4.98 Å². The number of hydrogen-bond donors (Lipinski definition) is 2. The Labute approximate surface area is 159 Å². The van der Waals surface area contributed by atoms with E-state index >= 15 is 0 Å². The van der Waals surface area contributed by atoms with E-state index in [9.17, 15) is 4.79 Å². The van der Waals surface area contributed by atoms with Crippen LogP contribution in [0.4, 0.5) is 5.69 Å². The number of carbonyl (C=O) groups is 1. The average molecular weight is 373 g/mol. The minimum Gasteiger partial charge on any atom is -0.381 e. The lowest BCUT2D eigenvalue weighted by molar-refractivity contribution is 0.0962. The van der Waals surface area contributed by atoms with Crippen molar-refractivity contribution in [3.05, 3.63) is 53.8 Å². The fourth-order valence-electron chi connectivity index (χ4n) is 3.33. The van der Waals surface area contributed by atoms with E-state index in [1.165, 1.54) is 11.3 Å². The lowest BCUT2D eigenvalue weighted by atomic mass is 10.1. The van der Waals surface area contributed by atoms with Crippen molar-refractivity contribution in [3.63, 3.8) is 0 Å². The Kier molecular flexibility index (Phi) is 3.61. The van der Waals surface area contributed by atoms with Crippen molar-refractivity contribution in [2.45, 2.75) is 0 Å². The molecule has 0 saturated carbocycles. The Hall–Kier alpha value is -3.32. The van der Waals surface area contributed by atoms with Gasteiger partial charge in [0.1, 0.15) is 4.88 Å². The van der Waals surface area contributed by atoms with Crippen LogP contribution in [0.3, 0.4) is 0 Å². The standard InChI is InChI=1S/C20H15N5OS/c1-2-16-21-8-7-14(25-16)13-4-3-11-12(24-13)5-6-15-17(11)18-19(27-15)20(26)23-10-9-22-18/h2-8,22H,1,9-10H2,(H,23,26). The smallest absolute Gasteiger partial charge is 0.263 e. The Morgan fingerprint density at radius 1 is 1.04 bits per heavy atom. The first-order valence-corrected chi connectivity index (χ1v) is 9.40. The Balaban J connectivity index is 1.73. The molecule has 0 saturated heterocycles. The van der Waals surface area contributed by atoms with Crippen molar-refractivity contribution >= 4 is 50.0 Å². The van der Waals surface area contributed by atoms with Gasteiger partial charge in [0.05, 0.1) is 22.6 Å². The molecule has 0 radical (unpaired) electrons. The Morgan fingerprint density at radius 2 is 1.89 bits per heavy atom. The summed E-state index contributed by atoms with van der Waals surface area (Å²) in [5, 5.41) is 8.40. The average Bonchev–Trinajstić information content (AvgIpc) is 3.00. The molecule has 3 aromatic heterocycles. The summed E-state index contributed by atoms with van der Waals surface area (Å²) in [7, 11) is 0. The van der Waals surface area contributed by atoms with Gasteiger partial charge in [-0.3, -0.25) is 4.79 Å². The first kappa shape index (κ1) is 15.9. The van der Waals surface area contributed by atoms with Gasteiger partial charge in [-0.05, 0) is 36.4 Å². The maximum Gasteiger partial charge on any atom is 0.263 e. The molecule has 4 heterocycles. The SMILES string of the molecule is C=Cc1nccc(-c2ccc3c(ccc4sc5c(c43)NCCNC5=O)n2)n1. The maximum atomic E-state index is 12.3. The van der Waals surface area contributed by atoms with Crippen molar-refractivity contribution in [2.75, 3.05) is 18.4 Å². The van der Waals surface area contributed by atoms with E-state index in [-0.39, 0.29) is 5.91 Å². The Morgan fingerprint density at radius 3 is 2.78 bits per heavy atom. The van der Waals surface area contributed by atoms with Crippen LogP contribution >= 0.6 is 11.3 Å². The number of anilines is 1. The molecular weight excluding hydrogens is 358 g/mol. The molecule has 5 rings (SSSR count). The van der Waals surface area contributed by atoms with Crippen LogP contribution in [0.1, 0.15) is 15.5 Å². The lowest BCUT2D eigenvalue weighted by Gasteiger charge is -2.07. The highest BCUT2D eigenvalue weighted by Crippen LogP contribution is 2.40. The van der Waals surface area contributed by atoms with E-state index in [1.54, 1.807) is 12.3 Å². The summed E-state index contributed by atoms with van der Waals surface area (Å²) >= 11 is 1.51. The largest absolute Gasteiger partial charge is 0.381 e. The molecule has 0 atom stereocenters. The summed E-state index contributed by atoms with van der Waals surface area (Å²) < 4.78 is 1.07. The van der Waals surface area contributed by atoms with Crippen LogP contribution in [-0.4, -0.2) is 33.9 Å². The zero-order chi connectivity index (χ0) is 18.4. The van der Waals surface area contributed by atoms with Crippen molar-refractivity contribution in [3.8, 4) is 11.4 Å². The monoisotopic (exact) mass is 373 g/mol. The second-order valence-electron chi connectivity index (χ2n) is 6.19. The maximum absolute atomic E-state index is 12.3. The number of amides is 1. The molecule has 0 fully saturated rings. The third-order valence-electron chi connectivity index (χ3n) is 4.56. The number of hydrogen-bond acceptors (Lipinski definition) is 6. The van der Waals surface area contributed by atoms with Gasteiger partial charge in [-0.1, -0.05) is 6.58 Å². The van der Waals surface area contributed by atoms with E-state index in [0.717, 1.165) is 42.9 Å². The highest BCUT2D eigenvalue weighted by molar-refractivity contribution is 7.21. The number of rotatable bonds is 2. The highest BCUT2D eigenvalue weighted by atomic mass is 32.1. The first-order valence-electron chi connectivity index (χ1n) is 8.59. The molecule has 4 aromatic rings. The van der Waals surface area contributed by atoms with Crippen molar-refractivity contribution in [1.29, 1.82) is 0 Å². The number of carbonyl (C=O) groups excluding carboxylic acids is 1. The number of thiophene rings is 1. The Bertz CT molecular complexity index is 1230. The number of benzene rings is 1. The summed E-state index contributed by atoms with van der Waals surface area (Å²) in [5.41, 5.74) is 3.30. The summed E-state index contributed by atoms with van der Waals surface area (Å²) in [6, 6.07) is 9.86. The summed E-state index contributed by atoms with van der Waals surface area (Å²) in [6.45, 7) is 5.04. The van der Waals surface area contributed by atoms with Gasteiger partial charge >= 0.3 is 0 Å². The molecule has 1 aliphatic heterocycles. The second-order valence-corrected chi connectivity index (χ2v) is 7.25. The van der Waals surface area contributed by atoms with Gasteiger partial charge in [-0.25, -0.2) is 15.0 Å². The van der Waals surface area contributed by atoms with Gasteiger partial charge < -0.3 is 10.6 Å². The van der Waals surface area contributed by atoms with Crippen LogP contribution < -0.4 is 10.6 Å². The molecule has 0 aliphatic carbocycles. The van der Waals surface area contributed by atoms with Crippen LogP contribution in [0.25, 0.3) is 38.5 Å². The lowest BCUT2D eigenvalue weighted by Crippen LogP contribution is -2.24. The van der Waals surface area contributed by atoms with Crippen LogP contribution in [0.5, 0.6) is 0 Å². The summed E-state index contributed by atoms with van der Waals surface area (Å²) in [4.78, 5) is 26.5. The molecule has 2 N–H and O–H groups in total. The molecule has 1 aliphatic rings. The first-order chi connectivity index (χ1) is 13.2. The van der Waals surface area contributed by atoms with Crippen LogP contribution in [-0.2, 0) is 0 Å². The molecular formula is C20H15N5OS. The predicted octanol–water partition coefficient (Wildman–Crippen LogP) is 3.70. The number of fused-ring (bicyclic) bond motifs is 5. The summed E-state index contributed by atoms with van der Waals surface area (Å²) in [6.07, 6.45) is 3.32. The van der Waals surface area contributed by atoms with E-state index in [0.29, 0.717) is 18.9 Å². The van der Waals surface area contributed by atoms with Crippen LogP contribution in [0, 0.1) is 0 Å². The van der Waals surface area contributed by atoms with E-state index < -0.39 is 0 Å². The molecule has 7 heteroatoms. The minimum absolute atomic E-state index is 0.0214. The van der Waals surface area contributed by atoms with E-state index in [1.807, 2.05) is 30.3 Å². The van der Waals surface area contributed by atoms with Gasteiger partial charge in [0, 0.05) is 34.8 Å². The van der Waals surface area contributed by atoms with Crippen molar-refractivity contribution < 1.29 is 4.79 Å². The quantitative estimate of drug-likeness (QED) is 0.560. The van der Waals surface area contributed by atoms with E-state index in [2.05, 4.69) is 27.2 Å². The fraction of sp³-hybridized carbons (Fsp3) is 0.100. The zero-order valence-electron chi connectivity index (χ0n) is 14.3. The van der Waals surface area contributed by atoms with Gasteiger partial charge in [0.2, 0.25) is 0 Å². The van der Waals surface area contributed by atoms with Crippen molar-refractivity contribution in [2.24, 2.45) is 0 Å². The molecule has 0 bridgehead atoms. The fourth-order valence-corrected chi connectivity index (χ4v) is 4.44. The number of pyridine rings is 1. The number of aromatic nitrogens is 3. The normalized spacial score (nSPS) is 13.7. The summed E-state index contributed by atoms with van der Waals surface area (Å²) in [5.74, 6) is 0.551. The van der Waals surface area contributed by atoms with Gasteiger partial charge in [0.15, 0.2) is 5.82 Å². The highest BCUT2D eigenvalue weighted by Gasteiger charge is 2.22. The second kappa shape index (κ2) is 6.14. The third-order valence-corrected chi connectivity index (χ3v) is 5.71. The number of nitrogens with one attached hydrogen (secondary N) is 2. The molecule has 132 valence electrons. The van der Waals surface area contributed by atoms with Crippen molar-refractivity contribution in [1.82, 2.24) is 20.3 Å². The predicted molar refractivity (Wildman–Crippen MR) is 109 cm³/mol. The zero-order valence-corrected chi connectivity index (χ0v) is 15.1.